The van der Waals surface area contributed by atoms with Crippen LogP contribution in [0.3, 0.4) is 0 Å². The van der Waals surface area contributed by atoms with E-state index in [1.807, 2.05) is 4.90 Å². The minimum absolute atomic E-state index is 0.0585. The minimum Gasteiger partial charge on any atom is -0.336 e. The molecule has 0 aliphatic carbocycles. The van der Waals surface area contributed by atoms with Crippen molar-refractivity contribution in [1.82, 2.24) is 15.5 Å². The quantitative estimate of drug-likeness (QED) is 0.572. The van der Waals surface area contributed by atoms with Crippen LogP contribution < -0.4 is 10.6 Å². The van der Waals surface area contributed by atoms with Crippen molar-refractivity contribution in [2.24, 2.45) is 0 Å². The van der Waals surface area contributed by atoms with Gasteiger partial charge in [0.15, 0.2) is 0 Å². The highest BCUT2D eigenvalue weighted by Gasteiger charge is 2.23. The summed E-state index contributed by atoms with van der Waals surface area (Å²) in [6, 6.07) is 0.0585. The molecule has 1 saturated heterocycles. The van der Waals surface area contributed by atoms with E-state index in [1.165, 1.54) is 5.70 Å². The van der Waals surface area contributed by atoms with Crippen molar-refractivity contribution in [2.45, 2.75) is 6.42 Å². The van der Waals surface area contributed by atoms with Gasteiger partial charge in [-0.15, -0.1) is 0 Å². The zero-order chi connectivity index (χ0) is 8.39. The standard InChI is InChI=1S/C8H13N3O/c12-8-10-5-6-11(8)7-1-3-9-4-2-7/h1,9H,2-6H2,(H,10,12). The van der Waals surface area contributed by atoms with Crippen molar-refractivity contribution in [3.63, 3.8) is 0 Å². The maximum atomic E-state index is 11.2. The first-order valence-electron chi connectivity index (χ1n) is 4.33. The van der Waals surface area contributed by atoms with E-state index in [9.17, 15) is 4.79 Å². The van der Waals surface area contributed by atoms with Gasteiger partial charge in [-0.1, -0.05) is 6.08 Å². The number of hydrogen-bond acceptors (Lipinski definition) is 2. The van der Waals surface area contributed by atoms with E-state index in [2.05, 4.69) is 16.7 Å². The van der Waals surface area contributed by atoms with Crippen molar-refractivity contribution in [3.8, 4) is 0 Å². The smallest absolute Gasteiger partial charge is 0.321 e. The van der Waals surface area contributed by atoms with Crippen LogP contribution in [0, 0.1) is 0 Å². The van der Waals surface area contributed by atoms with E-state index < -0.39 is 0 Å². The SMILES string of the molecule is O=C1NCCN1C1=CCNCC1. The van der Waals surface area contributed by atoms with Crippen LogP contribution in [0.2, 0.25) is 0 Å². The Morgan fingerprint density at radius 3 is 2.92 bits per heavy atom. The first-order chi connectivity index (χ1) is 5.88. The number of urea groups is 1. The normalized spacial score (nSPS) is 23.8. The van der Waals surface area contributed by atoms with Crippen LogP contribution in [0.15, 0.2) is 11.8 Å². The van der Waals surface area contributed by atoms with Gasteiger partial charge in [-0.3, -0.25) is 4.90 Å². The summed E-state index contributed by atoms with van der Waals surface area (Å²) in [4.78, 5) is 13.1. The molecular weight excluding hydrogens is 154 g/mol. The lowest BCUT2D eigenvalue weighted by Gasteiger charge is -2.21. The highest BCUT2D eigenvalue weighted by molar-refractivity contribution is 5.78. The van der Waals surface area contributed by atoms with Crippen molar-refractivity contribution < 1.29 is 4.79 Å². The summed E-state index contributed by atoms with van der Waals surface area (Å²) in [5.41, 5.74) is 1.17. The van der Waals surface area contributed by atoms with Gasteiger partial charge in [0.2, 0.25) is 0 Å². The van der Waals surface area contributed by atoms with Gasteiger partial charge in [0.1, 0.15) is 0 Å². The summed E-state index contributed by atoms with van der Waals surface area (Å²) in [6.45, 7) is 3.48. The summed E-state index contributed by atoms with van der Waals surface area (Å²) in [5.74, 6) is 0. The molecule has 0 aromatic rings. The average molecular weight is 167 g/mol. The van der Waals surface area contributed by atoms with E-state index in [-0.39, 0.29) is 6.03 Å². The van der Waals surface area contributed by atoms with Crippen LogP contribution in [-0.2, 0) is 0 Å². The Hall–Kier alpha value is -1.03. The zero-order valence-corrected chi connectivity index (χ0v) is 6.97. The maximum Gasteiger partial charge on any atom is 0.321 e. The molecule has 2 amide bonds. The van der Waals surface area contributed by atoms with E-state index in [1.54, 1.807) is 0 Å². The molecule has 2 rings (SSSR count). The molecule has 4 heteroatoms. The highest BCUT2D eigenvalue weighted by Crippen LogP contribution is 2.13. The van der Waals surface area contributed by atoms with Crippen LogP contribution >= 0.6 is 0 Å². The fourth-order valence-electron chi connectivity index (χ4n) is 1.60. The maximum absolute atomic E-state index is 11.2. The fraction of sp³-hybridized carbons (Fsp3) is 0.625. The summed E-state index contributed by atoms with van der Waals surface area (Å²) < 4.78 is 0. The largest absolute Gasteiger partial charge is 0.336 e. The number of nitrogens with zero attached hydrogens (tertiary/aromatic N) is 1. The fourth-order valence-corrected chi connectivity index (χ4v) is 1.60. The monoisotopic (exact) mass is 167 g/mol. The predicted octanol–water partition coefficient (Wildman–Crippen LogP) is -0.111. The lowest BCUT2D eigenvalue weighted by atomic mass is 10.2. The van der Waals surface area contributed by atoms with Crippen LogP contribution in [0.4, 0.5) is 4.79 Å². The molecule has 0 aromatic carbocycles. The number of nitrogens with one attached hydrogen (secondary N) is 2. The first-order valence-corrected chi connectivity index (χ1v) is 4.33. The molecule has 4 nitrogen and oxygen atoms in total. The molecule has 2 aliphatic heterocycles. The third-order valence-electron chi connectivity index (χ3n) is 2.24. The van der Waals surface area contributed by atoms with E-state index in [4.69, 9.17) is 0 Å². The Morgan fingerprint density at radius 2 is 2.33 bits per heavy atom. The molecule has 0 aromatic heterocycles. The molecule has 2 heterocycles. The highest BCUT2D eigenvalue weighted by atomic mass is 16.2. The lowest BCUT2D eigenvalue weighted by molar-refractivity contribution is 0.225. The molecule has 0 atom stereocenters. The molecule has 12 heavy (non-hydrogen) atoms. The average Bonchev–Trinajstić information content (AvgIpc) is 2.53. The van der Waals surface area contributed by atoms with Crippen LogP contribution in [-0.4, -0.2) is 37.1 Å². The van der Waals surface area contributed by atoms with Crippen molar-refractivity contribution >= 4 is 6.03 Å². The van der Waals surface area contributed by atoms with Crippen molar-refractivity contribution in [2.75, 3.05) is 26.2 Å². The van der Waals surface area contributed by atoms with Crippen LogP contribution in [0.5, 0.6) is 0 Å². The lowest BCUT2D eigenvalue weighted by Crippen LogP contribution is -2.32. The van der Waals surface area contributed by atoms with E-state index >= 15 is 0 Å². The first kappa shape index (κ1) is 7.61. The Morgan fingerprint density at radius 1 is 1.42 bits per heavy atom. The van der Waals surface area contributed by atoms with Gasteiger partial charge < -0.3 is 10.6 Å². The molecule has 2 aliphatic rings. The van der Waals surface area contributed by atoms with Crippen molar-refractivity contribution in [3.05, 3.63) is 11.8 Å². The third-order valence-corrected chi connectivity index (χ3v) is 2.24. The van der Waals surface area contributed by atoms with E-state index in [0.717, 1.165) is 32.6 Å². The third kappa shape index (κ3) is 1.30. The summed E-state index contributed by atoms with van der Waals surface area (Å²) >= 11 is 0. The Balaban J connectivity index is 2.07. The molecular formula is C8H13N3O. The second-order valence-electron chi connectivity index (χ2n) is 3.03. The number of hydrogen-bond donors (Lipinski definition) is 2. The zero-order valence-electron chi connectivity index (χ0n) is 6.97. The Kier molecular flexibility index (Phi) is 1.99. The van der Waals surface area contributed by atoms with Gasteiger partial charge in [0, 0.05) is 38.3 Å². The van der Waals surface area contributed by atoms with Gasteiger partial charge in [0.25, 0.3) is 0 Å². The molecule has 0 unspecified atom stereocenters. The summed E-state index contributed by atoms with van der Waals surface area (Å²) in [7, 11) is 0. The second kappa shape index (κ2) is 3.15. The van der Waals surface area contributed by atoms with Crippen LogP contribution in [0.25, 0.3) is 0 Å². The van der Waals surface area contributed by atoms with Crippen LogP contribution in [0.1, 0.15) is 6.42 Å². The van der Waals surface area contributed by atoms with Gasteiger partial charge in [-0.25, -0.2) is 4.79 Å². The molecule has 1 fully saturated rings. The number of rotatable bonds is 1. The molecule has 2 N–H and O–H groups in total. The topological polar surface area (TPSA) is 44.4 Å². The molecule has 0 saturated carbocycles. The summed E-state index contributed by atoms with van der Waals surface area (Å²) in [6.07, 6.45) is 3.06. The van der Waals surface area contributed by atoms with Gasteiger partial charge in [-0.2, -0.15) is 0 Å². The minimum atomic E-state index is 0.0585. The van der Waals surface area contributed by atoms with Gasteiger partial charge in [0.05, 0.1) is 0 Å². The van der Waals surface area contributed by atoms with Crippen molar-refractivity contribution in [1.29, 1.82) is 0 Å². The van der Waals surface area contributed by atoms with E-state index in [0.29, 0.717) is 0 Å². The second-order valence-corrected chi connectivity index (χ2v) is 3.03. The molecule has 0 radical (unpaired) electrons. The number of amides is 2. The Bertz CT molecular complexity index is 224. The van der Waals surface area contributed by atoms with Gasteiger partial charge >= 0.3 is 6.03 Å². The molecule has 66 valence electrons. The molecule has 0 spiro atoms. The Labute approximate surface area is 71.6 Å². The molecule has 0 bridgehead atoms. The van der Waals surface area contributed by atoms with Gasteiger partial charge in [-0.05, 0) is 0 Å². The number of carbonyl (C=O) groups is 1. The number of carbonyl (C=O) groups excluding carboxylic acids is 1. The predicted molar refractivity (Wildman–Crippen MR) is 45.7 cm³/mol. The summed E-state index contributed by atoms with van der Waals surface area (Å²) in [5, 5.41) is 6.01.